The molecule has 5 nitrogen and oxygen atoms in total. The molecule has 0 fully saturated rings. The van der Waals surface area contributed by atoms with E-state index in [4.69, 9.17) is 16.6 Å². The van der Waals surface area contributed by atoms with Crippen LogP contribution in [0.5, 0.6) is 0 Å². The molecule has 3 aromatic carbocycles. The third-order valence-corrected chi connectivity index (χ3v) is 5.44. The van der Waals surface area contributed by atoms with Gasteiger partial charge in [-0.2, -0.15) is 0 Å². The smallest absolute Gasteiger partial charge is 0.257 e. The van der Waals surface area contributed by atoms with E-state index in [9.17, 15) is 4.79 Å². The van der Waals surface area contributed by atoms with Crippen LogP contribution in [0.2, 0.25) is 0 Å². The summed E-state index contributed by atoms with van der Waals surface area (Å²) >= 11 is 8.64. The van der Waals surface area contributed by atoms with E-state index in [1.165, 1.54) is 5.56 Å². The van der Waals surface area contributed by atoms with Gasteiger partial charge in [-0.15, -0.1) is 0 Å². The lowest BCUT2D eigenvalue weighted by Crippen LogP contribution is -2.34. The largest absolute Gasteiger partial charge is 0.436 e. The van der Waals surface area contributed by atoms with Gasteiger partial charge in [0.05, 0.1) is 0 Å². The molecular weight excluding hydrogens is 462 g/mol. The summed E-state index contributed by atoms with van der Waals surface area (Å²) in [6.07, 6.45) is 0. The minimum absolute atomic E-state index is 0.212. The van der Waals surface area contributed by atoms with E-state index in [2.05, 4.69) is 38.5 Å². The zero-order valence-corrected chi connectivity index (χ0v) is 18.7. The molecule has 1 heterocycles. The van der Waals surface area contributed by atoms with Crippen molar-refractivity contribution >= 4 is 56.0 Å². The number of benzene rings is 3. The van der Waals surface area contributed by atoms with Crippen molar-refractivity contribution in [3.63, 3.8) is 0 Å². The van der Waals surface area contributed by atoms with Crippen LogP contribution >= 0.6 is 28.1 Å². The van der Waals surface area contributed by atoms with Crippen LogP contribution in [0.1, 0.15) is 21.5 Å². The maximum absolute atomic E-state index is 12.3. The van der Waals surface area contributed by atoms with Gasteiger partial charge in [-0.25, -0.2) is 4.98 Å². The van der Waals surface area contributed by atoms with Gasteiger partial charge in [0.1, 0.15) is 5.52 Å². The number of carbonyl (C=O) groups is 1. The molecule has 0 radical (unpaired) electrons. The maximum atomic E-state index is 12.3. The number of aryl methyl sites for hydroxylation is 2. The third-order valence-electron chi connectivity index (χ3n) is 4.70. The SMILES string of the molecule is Cc1cc2nc(-c3cccc(NC(=S)NC(=O)c4ccc(Br)cc4)c3)oc2cc1C. The van der Waals surface area contributed by atoms with Gasteiger partial charge in [0.15, 0.2) is 10.7 Å². The molecule has 30 heavy (non-hydrogen) atoms. The van der Waals surface area contributed by atoms with Gasteiger partial charge in [-0.1, -0.05) is 22.0 Å². The summed E-state index contributed by atoms with van der Waals surface area (Å²) in [6, 6.07) is 18.6. The van der Waals surface area contributed by atoms with Crippen molar-refractivity contribution in [2.24, 2.45) is 0 Å². The Morgan fingerprint density at radius 3 is 2.53 bits per heavy atom. The molecule has 7 heteroatoms. The van der Waals surface area contributed by atoms with Crippen molar-refractivity contribution < 1.29 is 9.21 Å². The number of amides is 1. The average Bonchev–Trinajstić information content (AvgIpc) is 3.11. The highest BCUT2D eigenvalue weighted by atomic mass is 79.9. The fraction of sp³-hybridized carbons (Fsp3) is 0.0870. The van der Waals surface area contributed by atoms with Gasteiger partial charge in [-0.3, -0.25) is 10.1 Å². The van der Waals surface area contributed by atoms with Crippen molar-refractivity contribution in [2.45, 2.75) is 13.8 Å². The Morgan fingerprint density at radius 1 is 1.03 bits per heavy atom. The molecule has 4 aromatic rings. The number of rotatable bonds is 3. The molecule has 1 aromatic heterocycles. The number of nitrogens with one attached hydrogen (secondary N) is 2. The first-order valence-corrected chi connectivity index (χ1v) is 10.5. The van der Waals surface area contributed by atoms with Crippen LogP contribution in [0, 0.1) is 13.8 Å². The quantitative estimate of drug-likeness (QED) is 0.352. The second kappa shape index (κ2) is 8.38. The first-order chi connectivity index (χ1) is 14.4. The van der Waals surface area contributed by atoms with Crippen molar-refractivity contribution in [1.29, 1.82) is 0 Å². The highest BCUT2D eigenvalue weighted by Gasteiger charge is 2.12. The molecule has 1 amide bonds. The van der Waals surface area contributed by atoms with E-state index in [1.54, 1.807) is 24.3 Å². The summed E-state index contributed by atoms with van der Waals surface area (Å²) < 4.78 is 6.84. The lowest BCUT2D eigenvalue weighted by Gasteiger charge is -2.10. The summed E-state index contributed by atoms with van der Waals surface area (Å²) in [6.45, 7) is 4.10. The predicted octanol–water partition coefficient (Wildman–Crippen LogP) is 6.00. The number of halogens is 1. The number of hydrogen-bond donors (Lipinski definition) is 2. The van der Waals surface area contributed by atoms with E-state index in [-0.39, 0.29) is 11.0 Å². The molecule has 2 N–H and O–H groups in total. The van der Waals surface area contributed by atoms with Gasteiger partial charge in [0, 0.05) is 21.3 Å². The monoisotopic (exact) mass is 479 g/mol. The van der Waals surface area contributed by atoms with Gasteiger partial charge in [0.25, 0.3) is 5.91 Å². The zero-order chi connectivity index (χ0) is 21.3. The van der Waals surface area contributed by atoms with Crippen LogP contribution < -0.4 is 10.6 Å². The Labute approximate surface area is 187 Å². The van der Waals surface area contributed by atoms with Crippen molar-refractivity contribution in [2.75, 3.05) is 5.32 Å². The Bertz CT molecular complexity index is 1230. The van der Waals surface area contributed by atoms with Crippen molar-refractivity contribution in [3.8, 4) is 11.5 Å². The molecule has 0 atom stereocenters. The number of hydrogen-bond acceptors (Lipinski definition) is 4. The summed E-state index contributed by atoms with van der Waals surface area (Å²) in [5, 5.41) is 5.93. The van der Waals surface area contributed by atoms with Crippen LogP contribution in [-0.4, -0.2) is 16.0 Å². The fourth-order valence-corrected chi connectivity index (χ4v) is 3.45. The zero-order valence-electron chi connectivity index (χ0n) is 16.3. The Morgan fingerprint density at radius 2 is 1.77 bits per heavy atom. The first kappa shape index (κ1) is 20.3. The molecule has 0 bridgehead atoms. The fourth-order valence-electron chi connectivity index (χ4n) is 2.97. The number of oxazole rings is 1. The molecule has 150 valence electrons. The van der Waals surface area contributed by atoms with Gasteiger partial charge < -0.3 is 9.73 Å². The summed E-state index contributed by atoms with van der Waals surface area (Å²) in [4.78, 5) is 16.9. The number of nitrogens with zero attached hydrogens (tertiary/aromatic N) is 1. The third kappa shape index (κ3) is 4.42. The second-order valence-corrected chi connectivity index (χ2v) is 8.24. The number of aromatic nitrogens is 1. The standard InChI is InChI=1S/C23H18BrN3O2S/c1-13-10-19-20(11-14(13)2)29-22(26-19)16-4-3-5-18(12-16)25-23(30)27-21(28)15-6-8-17(24)9-7-15/h3-12H,1-2H3,(H2,25,27,28,30). The Kier molecular flexibility index (Phi) is 5.65. The van der Waals surface area contributed by atoms with Crippen LogP contribution in [0.4, 0.5) is 5.69 Å². The molecule has 0 spiro atoms. The van der Waals surface area contributed by atoms with E-state index in [1.807, 2.05) is 43.3 Å². The van der Waals surface area contributed by atoms with Gasteiger partial charge in [-0.05, 0) is 91.8 Å². The summed E-state index contributed by atoms with van der Waals surface area (Å²) in [5.41, 5.74) is 5.97. The number of carbonyl (C=O) groups excluding carboxylic acids is 1. The van der Waals surface area contributed by atoms with Crippen LogP contribution in [0.3, 0.4) is 0 Å². The predicted molar refractivity (Wildman–Crippen MR) is 127 cm³/mol. The molecule has 0 unspecified atom stereocenters. The molecular formula is C23H18BrN3O2S. The van der Waals surface area contributed by atoms with Crippen LogP contribution in [-0.2, 0) is 0 Å². The minimum atomic E-state index is -0.277. The lowest BCUT2D eigenvalue weighted by molar-refractivity contribution is 0.0977. The molecule has 0 saturated heterocycles. The Hall–Kier alpha value is -3.03. The molecule has 4 rings (SSSR count). The minimum Gasteiger partial charge on any atom is -0.436 e. The second-order valence-electron chi connectivity index (χ2n) is 6.92. The van der Waals surface area contributed by atoms with Gasteiger partial charge >= 0.3 is 0 Å². The Balaban J connectivity index is 1.50. The van der Waals surface area contributed by atoms with Crippen LogP contribution in [0.25, 0.3) is 22.6 Å². The molecule has 0 aliphatic carbocycles. The summed E-state index contributed by atoms with van der Waals surface area (Å²) in [7, 11) is 0. The average molecular weight is 480 g/mol. The van der Waals surface area contributed by atoms with Crippen molar-refractivity contribution in [3.05, 3.63) is 81.8 Å². The van der Waals surface area contributed by atoms with E-state index >= 15 is 0 Å². The number of fused-ring (bicyclic) bond motifs is 1. The first-order valence-electron chi connectivity index (χ1n) is 9.25. The highest BCUT2D eigenvalue weighted by molar-refractivity contribution is 9.10. The number of thiocarbonyl (C=S) groups is 1. The van der Waals surface area contributed by atoms with E-state index in [0.29, 0.717) is 11.5 Å². The molecule has 0 aliphatic rings. The van der Waals surface area contributed by atoms with Crippen LogP contribution in [0.15, 0.2) is 69.6 Å². The van der Waals surface area contributed by atoms with E-state index < -0.39 is 0 Å². The topological polar surface area (TPSA) is 67.2 Å². The van der Waals surface area contributed by atoms with Crippen molar-refractivity contribution in [1.82, 2.24) is 10.3 Å². The highest BCUT2D eigenvalue weighted by Crippen LogP contribution is 2.27. The van der Waals surface area contributed by atoms with E-state index in [0.717, 1.165) is 32.4 Å². The summed E-state index contributed by atoms with van der Waals surface area (Å²) in [5.74, 6) is 0.254. The number of anilines is 1. The van der Waals surface area contributed by atoms with Gasteiger partial charge in [0.2, 0.25) is 5.89 Å². The molecule has 0 aliphatic heterocycles. The normalized spacial score (nSPS) is 10.8. The molecule has 0 saturated carbocycles. The maximum Gasteiger partial charge on any atom is 0.257 e. The lowest BCUT2D eigenvalue weighted by atomic mass is 10.1.